The van der Waals surface area contributed by atoms with Gasteiger partial charge in [-0.15, -0.1) is 0 Å². The van der Waals surface area contributed by atoms with Gasteiger partial charge in [0.2, 0.25) is 0 Å². The predicted molar refractivity (Wildman–Crippen MR) is 104 cm³/mol. The molecule has 1 heterocycles. The van der Waals surface area contributed by atoms with Crippen LogP contribution in [0.25, 0.3) is 0 Å². The smallest absolute Gasteiger partial charge is 0.355 e. The number of anilines is 1. The molecule has 0 atom stereocenters. The van der Waals surface area contributed by atoms with Crippen LogP contribution < -0.4 is 4.90 Å². The quantitative estimate of drug-likeness (QED) is 0.615. The highest BCUT2D eigenvalue weighted by atomic mass is 32.2. The molecule has 0 bridgehead atoms. The topological polar surface area (TPSA) is 124 Å². The number of esters is 2. The lowest BCUT2D eigenvalue weighted by molar-refractivity contribution is -0.139. The standard InChI is InChI=1S/C18H19NO8S2/c1-26-17(20)15-7-5-6-8-19(16(15)18(21)27-2)12-9-13(28(3,22)23)11-14(10-12)29(4,24)25/h5-11H,1-4H3. The maximum absolute atomic E-state index is 12.5. The normalized spacial score (nSPS) is 14.6. The minimum Gasteiger partial charge on any atom is -0.465 e. The van der Waals surface area contributed by atoms with Gasteiger partial charge in [-0.2, -0.15) is 0 Å². The molecule has 0 saturated carbocycles. The summed E-state index contributed by atoms with van der Waals surface area (Å²) in [4.78, 5) is 25.3. The molecule has 11 heteroatoms. The van der Waals surface area contributed by atoms with E-state index in [-0.39, 0.29) is 26.7 Å². The molecule has 2 rings (SSSR count). The van der Waals surface area contributed by atoms with Gasteiger partial charge < -0.3 is 14.4 Å². The van der Waals surface area contributed by atoms with Crippen molar-refractivity contribution in [1.29, 1.82) is 0 Å². The van der Waals surface area contributed by atoms with E-state index in [0.717, 1.165) is 32.8 Å². The molecule has 0 unspecified atom stereocenters. The van der Waals surface area contributed by atoms with Gasteiger partial charge in [-0.25, -0.2) is 26.4 Å². The second-order valence-electron chi connectivity index (χ2n) is 6.02. The minimum absolute atomic E-state index is 0.0232. The van der Waals surface area contributed by atoms with E-state index in [1.165, 1.54) is 41.5 Å². The molecule has 156 valence electrons. The van der Waals surface area contributed by atoms with Crippen LogP contribution in [0.4, 0.5) is 5.69 Å². The Morgan fingerprint density at radius 2 is 1.34 bits per heavy atom. The van der Waals surface area contributed by atoms with E-state index in [1.807, 2.05) is 0 Å². The lowest BCUT2D eigenvalue weighted by Gasteiger charge is -2.24. The Hall–Kier alpha value is -2.92. The molecule has 0 N–H and O–H groups in total. The maximum Gasteiger partial charge on any atom is 0.355 e. The summed E-state index contributed by atoms with van der Waals surface area (Å²) in [6.07, 6.45) is 7.49. The van der Waals surface area contributed by atoms with Gasteiger partial charge in [0.15, 0.2) is 19.7 Å². The number of sulfone groups is 2. The van der Waals surface area contributed by atoms with Crippen molar-refractivity contribution in [3.63, 3.8) is 0 Å². The molecule has 0 spiro atoms. The summed E-state index contributed by atoms with van der Waals surface area (Å²) in [5.74, 6) is -1.75. The second-order valence-corrected chi connectivity index (χ2v) is 10.1. The summed E-state index contributed by atoms with van der Waals surface area (Å²) < 4.78 is 57.8. The molecule has 0 saturated heterocycles. The van der Waals surface area contributed by atoms with E-state index >= 15 is 0 Å². The van der Waals surface area contributed by atoms with Crippen molar-refractivity contribution < 1.29 is 35.9 Å². The van der Waals surface area contributed by atoms with Crippen LogP contribution in [0.5, 0.6) is 0 Å². The van der Waals surface area contributed by atoms with Crippen LogP contribution >= 0.6 is 0 Å². The average molecular weight is 441 g/mol. The number of carbonyl (C=O) groups excluding carboxylic acids is 2. The molecule has 29 heavy (non-hydrogen) atoms. The van der Waals surface area contributed by atoms with Gasteiger partial charge in [0.1, 0.15) is 5.70 Å². The summed E-state index contributed by atoms with van der Waals surface area (Å²) in [6, 6.07) is 3.41. The van der Waals surface area contributed by atoms with Gasteiger partial charge in [0, 0.05) is 24.4 Å². The van der Waals surface area contributed by atoms with Gasteiger partial charge in [-0.1, -0.05) is 6.08 Å². The number of hydrogen-bond acceptors (Lipinski definition) is 9. The molecule has 1 aromatic carbocycles. The largest absolute Gasteiger partial charge is 0.465 e. The Kier molecular flexibility index (Phi) is 6.34. The molecule has 0 aromatic heterocycles. The molecule has 0 radical (unpaired) electrons. The first kappa shape index (κ1) is 22.4. The Bertz CT molecular complexity index is 1110. The van der Waals surface area contributed by atoms with Crippen LogP contribution in [-0.4, -0.2) is 55.5 Å². The third-order valence-corrected chi connectivity index (χ3v) is 6.07. The van der Waals surface area contributed by atoms with Gasteiger partial charge in [-0.3, -0.25) is 0 Å². The summed E-state index contributed by atoms with van der Waals surface area (Å²) in [6.45, 7) is 0. The Morgan fingerprint density at radius 3 is 1.79 bits per heavy atom. The first-order valence-corrected chi connectivity index (χ1v) is 11.8. The molecule has 0 fully saturated rings. The summed E-state index contributed by atoms with van der Waals surface area (Å²) >= 11 is 0. The molecule has 1 aliphatic rings. The number of benzene rings is 1. The second kappa shape index (κ2) is 8.21. The van der Waals surface area contributed by atoms with Crippen LogP contribution in [0.2, 0.25) is 0 Å². The van der Waals surface area contributed by atoms with Gasteiger partial charge in [-0.05, 0) is 30.4 Å². The molecule has 1 aromatic rings. The zero-order valence-electron chi connectivity index (χ0n) is 16.1. The number of hydrogen-bond donors (Lipinski definition) is 0. The third-order valence-electron chi connectivity index (χ3n) is 3.89. The monoisotopic (exact) mass is 441 g/mol. The fourth-order valence-corrected chi connectivity index (χ4v) is 3.92. The predicted octanol–water partition coefficient (Wildman–Crippen LogP) is 0.984. The molecule has 1 aliphatic heterocycles. The Labute approximate surface area is 168 Å². The average Bonchev–Trinajstić information content (AvgIpc) is 2.88. The van der Waals surface area contributed by atoms with Crippen molar-refractivity contribution >= 4 is 37.3 Å². The van der Waals surface area contributed by atoms with Gasteiger partial charge in [0.25, 0.3) is 0 Å². The Morgan fingerprint density at radius 1 is 0.828 bits per heavy atom. The van der Waals surface area contributed by atoms with Crippen molar-refractivity contribution in [3.8, 4) is 0 Å². The molecule has 0 amide bonds. The van der Waals surface area contributed by atoms with Crippen molar-refractivity contribution in [3.05, 3.63) is 53.9 Å². The lowest BCUT2D eigenvalue weighted by Crippen LogP contribution is -2.27. The summed E-state index contributed by atoms with van der Waals surface area (Å²) in [7, 11) is -5.34. The third kappa shape index (κ3) is 4.93. The number of methoxy groups -OCH3 is 2. The number of allylic oxidation sites excluding steroid dienone is 2. The van der Waals surface area contributed by atoms with Crippen molar-refractivity contribution in [1.82, 2.24) is 0 Å². The first-order chi connectivity index (χ1) is 13.4. The SMILES string of the molecule is COC(=O)C1=C(C(=O)OC)N(c2cc(S(C)(=O)=O)cc(S(C)(=O)=O)c2)C=CC=C1. The van der Waals surface area contributed by atoms with E-state index < -0.39 is 31.6 Å². The molecular weight excluding hydrogens is 422 g/mol. The highest BCUT2D eigenvalue weighted by Crippen LogP contribution is 2.31. The van der Waals surface area contributed by atoms with Crippen molar-refractivity contribution in [2.45, 2.75) is 9.79 Å². The van der Waals surface area contributed by atoms with E-state index in [4.69, 9.17) is 9.47 Å². The molecule has 9 nitrogen and oxygen atoms in total. The van der Waals surface area contributed by atoms with Crippen LogP contribution in [0.3, 0.4) is 0 Å². The lowest BCUT2D eigenvalue weighted by atomic mass is 10.1. The zero-order valence-corrected chi connectivity index (χ0v) is 17.7. The molecular formula is C18H19NO8S2. The number of ether oxygens (including phenoxy) is 2. The van der Waals surface area contributed by atoms with Crippen LogP contribution in [0, 0.1) is 0 Å². The fourth-order valence-electron chi connectivity index (χ4n) is 2.49. The van der Waals surface area contributed by atoms with Crippen molar-refractivity contribution in [2.75, 3.05) is 31.6 Å². The fraction of sp³-hybridized carbons (Fsp3) is 0.222. The number of nitrogens with zero attached hydrogens (tertiary/aromatic N) is 1. The van der Waals surface area contributed by atoms with Crippen LogP contribution in [0.15, 0.2) is 63.7 Å². The summed E-state index contributed by atoms with van der Waals surface area (Å²) in [5.41, 5.74) is -0.403. The maximum atomic E-state index is 12.5. The van der Waals surface area contributed by atoms with E-state index in [2.05, 4.69) is 0 Å². The van der Waals surface area contributed by atoms with Gasteiger partial charge >= 0.3 is 11.9 Å². The minimum atomic E-state index is -3.79. The van der Waals surface area contributed by atoms with Crippen molar-refractivity contribution in [2.24, 2.45) is 0 Å². The van der Waals surface area contributed by atoms with E-state index in [9.17, 15) is 26.4 Å². The molecule has 0 aliphatic carbocycles. The zero-order chi connectivity index (χ0) is 22.0. The number of carbonyl (C=O) groups is 2. The number of rotatable bonds is 5. The summed E-state index contributed by atoms with van der Waals surface area (Å²) in [5, 5.41) is 0. The highest BCUT2D eigenvalue weighted by molar-refractivity contribution is 7.91. The Balaban J connectivity index is 2.89. The van der Waals surface area contributed by atoms with Crippen LogP contribution in [-0.2, 0) is 38.7 Å². The van der Waals surface area contributed by atoms with E-state index in [0.29, 0.717) is 0 Å². The van der Waals surface area contributed by atoms with Gasteiger partial charge in [0.05, 0.1) is 29.6 Å². The first-order valence-electron chi connectivity index (χ1n) is 8.00. The van der Waals surface area contributed by atoms with Crippen LogP contribution in [0.1, 0.15) is 0 Å². The van der Waals surface area contributed by atoms with E-state index in [1.54, 1.807) is 0 Å². The highest BCUT2D eigenvalue weighted by Gasteiger charge is 2.29.